The molecule has 2 aromatic rings. The fourth-order valence-electron chi connectivity index (χ4n) is 1.69. The summed E-state index contributed by atoms with van der Waals surface area (Å²) in [7, 11) is 0. The summed E-state index contributed by atoms with van der Waals surface area (Å²) in [4.78, 5) is 4.21. The molecule has 0 aliphatic rings. The van der Waals surface area contributed by atoms with Crippen molar-refractivity contribution in [2.24, 2.45) is 0 Å². The van der Waals surface area contributed by atoms with Crippen molar-refractivity contribution in [3.63, 3.8) is 0 Å². The molecule has 14 heavy (non-hydrogen) atoms. The summed E-state index contributed by atoms with van der Waals surface area (Å²) < 4.78 is 1.81. The maximum Gasteiger partial charge on any atom is 0.151 e. The van der Waals surface area contributed by atoms with Crippen LogP contribution in [0.15, 0.2) is 0 Å². The van der Waals surface area contributed by atoms with E-state index in [2.05, 4.69) is 23.9 Å². The lowest BCUT2D eigenvalue weighted by Crippen LogP contribution is -2.02. The Kier molecular flexibility index (Phi) is 1.74. The molecule has 0 amide bonds. The largest absolute Gasteiger partial charge is 0.382 e. The average molecular weight is 190 g/mol. The van der Waals surface area contributed by atoms with Gasteiger partial charge in [0.2, 0.25) is 0 Å². The van der Waals surface area contributed by atoms with Crippen LogP contribution in [0.5, 0.6) is 0 Å². The third-order valence-corrected chi connectivity index (χ3v) is 2.75. The number of nitrogens with two attached hydrogens (primary N) is 1. The lowest BCUT2D eigenvalue weighted by molar-refractivity contribution is 0.838. The van der Waals surface area contributed by atoms with Crippen molar-refractivity contribution in [3.05, 3.63) is 22.6 Å². The number of hydrogen-bond acceptors (Lipinski definition) is 3. The number of nitrogens with zero attached hydrogens (tertiary/aromatic N) is 3. The Morgan fingerprint density at radius 3 is 2.36 bits per heavy atom. The first-order chi connectivity index (χ1) is 6.52. The zero-order chi connectivity index (χ0) is 10.5. The standard InChI is InChI=1S/C10H14N4/c1-5-6(2)9-10(11)12-8(4)14(9)13-7(5)3/h11H2,1-4H3. The van der Waals surface area contributed by atoms with Gasteiger partial charge in [-0.25, -0.2) is 9.50 Å². The normalized spacial score (nSPS) is 11.1. The number of fused-ring (bicyclic) bond motifs is 1. The summed E-state index contributed by atoms with van der Waals surface area (Å²) in [5.41, 5.74) is 10.1. The molecule has 2 aromatic heterocycles. The second-order valence-corrected chi connectivity index (χ2v) is 3.64. The number of imidazole rings is 1. The van der Waals surface area contributed by atoms with Crippen molar-refractivity contribution in [1.82, 2.24) is 14.6 Å². The minimum atomic E-state index is 0.565. The Morgan fingerprint density at radius 2 is 1.71 bits per heavy atom. The maximum atomic E-state index is 5.82. The van der Waals surface area contributed by atoms with Crippen LogP contribution in [-0.4, -0.2) is 14.6 Å². The first-order valence-corrected chi connectivity index (χ1v) is 4.61. The Morgan fingerprint density at radius 1 is 1.07 bits per heavy atom. The highest BCUT2D eigenvalue weighted by atomic mass is 15.3. The second kappa shape index (κ2) is 2.70. The van der Waals surface area contributed by atoms with E-state index in [9.17, 15) is 0 Å². The number of nitrogen functional groups attached to an aromatic ring is 1. The van der Waals surface area contributed by atoms with E-state index in [4.69, 9.17) is 5.73 Å². The Labute approximate surface area is 82.8 Å². The van der Waals surface area contributed by atoms with E-state index in [0.717, 1.165) is 22.6 Å². The molecular formula is C10H14N4. The fraction of sp³-hybridized carbons (Fsp3) is 0.400. The van der Waals surface area contributed by atoms with Crippen molar-refractivity contribution in [3.8, 4) is 0 Å². The SMILES string of the molecule is Cc1nn2c(C)nc(N)c2c(C)c1C. The maximum absolute atomic E-state index is 5.82. The lowest BCUT2D eigenvalue weighted by atomic mass is 10.1. The summed E-state index contributed by atoms with van der Waals surface area (Å²) in [5, 5.41) is 4.43. The van der Waals surface area contributed by atoms with Crippen molar-refractivity contribution in [2.45, 2.75) is 27.7 Å². The molecule has 0 unspecified atom stereocenters. The average Bonchev–Trinajstić information content (AvgIpc) is 2.38. The summed E-state index contributed by atoms with van der Waals surface area (Å²) in [6.07, 6.45) is 0. The van der Waals surface area contributed by atoms with Crippen LogP contribution in [0.2, 0.25) is 0 Å². The smallest absolute Gasteiger partial charge is 0.151 e. The quantitative estimate of drug-likeness (QED) is 0.685. The van der Waals surface area contributed by atoms with Gasteiger partial charge in [0.1, 0.15) is 11.3 Å². The summed E-state index contributed by atoms with van der Waals surface area (Å²) in [5.74, 6) is 1.40. The molecule has 2 heterocycles. The summed E-state index contributed by atoms with van der Waals surface area (Å²) in [6.45, 7) is 8.01. The molecule has 2 N–H and O–H groups in total. The predicted octanol–water partition coefficient (Wildman–Crippen LogP) is 1.55. The van der Waals surface area contributed by atoms with Crippen LogP contribution in [-0.2, 0) is 0 Å². The van der Waals surface area contributed by atoms with Crippen molar-refractivity contribution in [2.75, 3.05) is 5.73 Å². The first-order valence-electron chi connectivity index (χ1n) is 4.61. The number of rotatable bonds is 0. The highest BCUT2D eigenvalue weighted by Gasteiger charge is 2.12. The van der Waals surface area contributed by atoms with E-state index in [1.54, 1.807) is 0 Å². The van der Waals surface area contributed by atoms with Crippen molar-refractivity contribution in [1.29, 1.82) is 0 Å². The number of anilines is 1. The van der Waals surface area contributed by atoms with Gasteiger partial charge in [-0.05, 0) is 38.8 Å². The third-order valence-electron chi connectivity index (χ3n) is 2.75. The van der Waals surface area contributed by atoms with E-state index in [-0.39, 0.29) is 0 Å². The van der Waals surface area contributed by atoms with Gasteiger partial charge in [0.05, 0.1) is 5.69 Å². The highest BCUT2D eigenvalue weighted by Crippen LogP contribution is 2.21. The van der Waals surface area contributed by atoms with E-state index in [1.807, 2.05) is 18.4 Å². The van der Waals surface area contributed by atoms with Gasteiger partial charge in [-0.15, -0.1) is 0 Å². The molecule has 0 atom stereocenters. The molecule has 0 radical (unpaired) electrons. The molecule has 74 valence electrons. The van der Waals surface area contributed by atoms with Crippen LogP contribution in [0.25, 0.3) is 5.52 Å². The van der Waals surface area contributed by atoms with Crippen molar-refractivity contribution >= 4 is 11.3 Å². The van der Waals surface area contributed by atoms with Crippen LogP contribution < -0.4 is 5.73 Å². The van der Waals surface area contributed by atoms with Gasteiger partial charge >= 0.3 is 0 Å². The van der Waals surface area contributed by atoms with Crippen LogP contribution >= 0.6 is 0 Å². The van der Waals surface area contributed by atoms with E-state index in [1.165, 1.54) is 5.56 Å². The molecule has 0 aliphatic heterocycles. The zero-order valence-electron chi connectivity index (χ0n) is 8.92. The monoisotopic (exact) mass is 190 g/mol. The molecule has 0 saturated carbocycles. The van der Waals surface area contributed by atoms with Crippen LogP contribution in [0, 0.1) is 27.7 Å². The van der Waals surface area contributed by atoms with Crippen LogP contribution in [0.3, 0.4) is 0 Å². The van der Waals surface area contributed by atoms with Crippen LogP contribution in [0.1, 0.15) is 22.6 Å². The second-order valence-electron chi connectivity index (χ2n) is 3.64. The molecule has 0 bridgehead atoms. The number of aryl methyl sites for hydroxylation is 3. The highest BCUT2D eigenvalue weighted by molar-refractivity contribution is 5.71. The van der Waals surface area contributed by atoms with Gasteiger partial charge in [0.15, 0.2) is 5.82 Å². The Balaban J connectivity index is 3.01. The minimum absolute atomic E-state index is 0.565. The molecule has 4 heteroatoms. The van der Waals surface area contributed by atoms with Gasteiger partial charge in [-0.3, -0.25) is 0 Å². The first kappa shape index (κ1) is 8.99. The van der Waals surface area contributed by atoms with Gasteiger partial charge in [-0.2, -0.15) is 5.10 Å². The fourth-order valence-corrected chi connectivity index (χ4v) is 1.69. The minimum Gasteiger partial charge on any atom is -0.382 e. The van der Waals surface area contributed by atoms with Gasteiger partial charge in [0.25, 0.3) is 0 Å². The number of hydrogen-bond donors (Lipinski definition) is 1. The molecule has 2 rings (SSSR count). The van der Waals surface area contributed by atoms with Gasteiger partial charge < -0.3 is 5.73 Å². The molecule has 0 saturated heterocycles. The molecule has 4 nitrogen and oxygen atoms in total. The summed E-state index contributed by atoms with van der Waals surface area (Å²) in [6, 6.07) is 0. The molecule has 0 spiro atoms. The van der Waals surface area contributed by atoms with Gasteiger partial charge in [-0.1, -0.05) is 0 Å². The Hall–Kier alpha value is -1.58. The molecule has 0 aromatic carbocycles. The zero-order valence-corrected chi connectivity index (χ0v) is 8.92. The molecule has 0 aliphatic carbocycles. The Bertz CT molecular complexity index is 511. The van der Waals surface area contributed by atoms with Crippen molar-refractivity contribution < 1.29 is 0 Å². The predicted molar refractivity (Wildman–Crippen MR) is 56.3 cm³/mol. The van der Waals surface area contributed by atoms with E-state index in [0.29, 0.717) is 5.82 Å². The lowest BCUT2D eigenvalue weighted by Gasteiger charge is -2.06. The molecular weight excluding hydrogens is 176 g/mol. The third kappa shape index (κ3) is 0.999. The van der Waals surface area contributed by atoms with Gasteiger partial charge in [0, 0.05) is 0 Å². The summed E-state index contributed by atoms with van der Waals surface area (Å²) >= 11 is 0. The van der Waals surface area contributed by atoms with Crippen LogP contribution in [0.4, 0.5) is 5.82 Å². The number of aromatic nitrogens is 3. The topological polar surface area (TPSA) is 56.2 Å². The van der Waals surface area contributed by atoms with E-state index >= 15 is 0 Å². The van der Waals surface area contributed by atoms with E-state index < -0.39 is 0 Å². The molecule has 0 fully saturated rings.